The molecule has 1 saturated heterocycles. The summed E-state index contributed by atoms with van der Waals surface area (Å²) in [7, 11) is 0. The minimum atomic E-state index is -0.131. The van der Waals surface area contributed by atoms with Crippen LogP contribution in [0.4, 0.5) is 0 Å². The lowest BCUT2D eigenvalue weighted by molar-refractivity contribution is 0.243. The second-order valence-corrected chi connectivity index (χ2v) is 7.47. The number of aliphatic hydroxyl groups is 1. The van der Waals surface area contributed by atoms with E-state index in [2.05, 4.69) is 58.5 Å². The average molecular weight is 356 g/mol. The van der Waals surface area contributed by atoms with Gasteiger partial charge in [-0.1, -0.05) is 26.5 Å². The van der Waals surface area contributed by atoms with E-state index in [-0.39, 0.29) is 23.5 Å². The quantitative estimate of drug-likeness (QED) is 0.660. The molecule has 3 rings (SSSR count). The van der Waals surface area contributed by atoms with Gasteiger partial charge in [0.25, 0.3) is 0 Å². The zero-order valence-electron chi connectivity index (χ0n) is 15.5. The average Bonchev–Trinajstić information content (AvgIpc) is 3.16. The molecule has 0 spiro atoms. The minimum absolute atomic E-state index is 0.0750. The highest BCUT2D eigenvalue weighted by Crippen LogP contribution is 2.35. The molecule has 1 aliphatic rings. The van der Waals surface area contributed by atoms with Gasteiger partial charge in [0.2, 0.25) is 0 Å². The SMILES string of the molecule is C=C(O)[C@@H](C(C)C)[C@H](Cc1ccc(C2CCNCC2)nc1)c1nnn[nH]1. The van der Waals surface area contributed by atoms with Crippen LogP contribution in [0.25, 0.3) is 0 Å². The van der Waals surface area contributed by atoms with E-state index in [1.54, 1.807) is 0 Å². The number of tetrazole rings is 1. The Morgan fingerprint density at radius 1 is 1.31 bits per heavy atom. The molecule has 0 saturated carbocycles. The van der Waals surface area contributed by atoms with Gasteiger partial charge in [0.1, 0.15) is 0 Å². The van der Waals surface area contributed by atoms with Gasteiger partial charge in [-0.25, -0.2) is 5.10 Å². The number of piperidine rings is 1. The molecule has 0 unspecified atom stereocenters. The fraction of sp³-hybridized carbons (Fsp3) is 0.579. The highest BCUT2D eigenvalue weighted by atomic mass is 16.3. The number of aromatic nitrogens is 5. The van der Waals surface area contributed by atoms with E-state index in [0.29, 0.717) is 18.2 Å². The molecule has 0 amide bonds. The van der Waals surface area contributed by atoms with Gasteiger partial charge in [0.15, 0.2) is 5.82 Å². The van der Waals surface area contributed by atoms with Crippen molar-refractivity contribution >= 4 is 0 Å². The van der Waals surface area contributed by atoms with Crippen LogP contribution in [0.2, 0.25) is 0 Å². The summed E-state index contributed by atoms with van der Waals surface area (Å²) in [4.78, 5) is 4.71. The molecular weight excluding hydrogens is 328 g/mol. The van der Waals surface area contributed by atoms with Gasteiger partial charge in [-0.2, -0.15) is 0 Å². The summed E-state index contributed by atoms with van der Waals surface area (Å²) in [5.41, 5.74) is 2.27. The lowest BCUT2D eigenvalue weighted by Crippen LogP contribution is -2.27. The first-order valence-electron chi connectivity index (χ1n) is 9.33. The number of hydrogen-bond acceptors (Lipinski definition) is 6. The Morgan fingerprint density at radius 3 is 2.62 bits per heavy atom. The van der Waals surface area contributed by atoms with E-state index < -0.39 is 0 Å². The van der Waals surface area contributed by atoms with E-state index in [1.807, 2.05) is 6.20 Å². The van der Waals surface area contributed by atoms with E-state index in [0.717, 1.165) is 31.5 Å². The predicted molar refractivity (Wildman–Crippen MR) is 99.8 cm³/mol. The van der Waals surface area contributed by atoms with Crippen molar-refractivity contribution in [2.24, 2.45) is 11.8 Å². The largest absolute Gasteiger partial charge is 0.513 e. The topological polar surface area (TPSA) is 99.6 Å². The van der Waals surface area contributed by atoms with Crippen LogP contribution in [0.5, 0.6) is 0 Å². The summed E-state index contributed by atoms with van der Waals surface area (Å²) in [5, 5.41) is 27.9. The van der Waals surface area contributed by atoms with Gasteiger partial charge in [-0.15, -0.1) is 5.10 Å². The molecule has 7 nitrogen and oxygen atoms in total. The minimum Gasteiger partial charge on any atom is -0.513 e. The van der Waals surface area contributed by atoms with Gasteiger partial charge >= 0.3 is 0 Å². The molecule has 2 aromatic rings. The molecule has 0 radical (unpaired) electrons. The number of rotatable bonds is 7. The number of aliphatic hydroxyl groups excluding tert-OH is 1. The highest BCUT2D eigenvalue weighted by molar-refractivity contribution is 5.21. The van der Waals surface area contributed by atoms with Gasteiger partial charge in [-0.05, 0) is 60.3 Å². The van der Waals surface area contributed by atoms with Crippen LogP contribution >= 0.6 is 0 Å². The lowest BCUT2D eigenvalue weighted by Gasteiger charge is -2.28. The standard InChI is InChI=1S/C19H28N6O/c1-12(2)18(13(3)26)16(19-22-24-25-23-19)10-14-4-5-17(21-11-14)15-6-8-20-9-7-15/h4-5,11-12,15-16,18,20,26H,3,6-10H2,1-2H3,(H,22,23,24,25)/t16-,18+/m0/s1. The highest BCUT2D eigenvalue weighted by Gasteiger charge is 2.31. The van der Waals surface area contributed by atoms with Crippen molar-refractivity contribution in [2.75, 3.05) is 13.1 Å². The number of allylic oxidation sites excluding steroid dienone is 1. The molecule has 2 aromatic heterocycles. The van der Waals surface area contributed by atoms with Crippen LogP contribution in [0.3, 0.4) is 0 Å². The summed E-state index contributed by atoms with van der Waals surface area (Å²) >= 11 is 0. The number of H-pyrrole nitrogens is 1. The van der Waals surface area contributed by atoms with Crippen molar-refractivity contribution in [2.45, 2.75) is 44.9 Å². The van der Waals surface area contributed by atoms with Gasteiger partial charge < -0.3 is 10.4 Å². The Hall–Kier alpha value is -2.28. The van der Waals surface area contributed by atoms with Crippen LogP contribution in [0.15, 0.2) is 30.7 Å². The Bertz CT molecular complexity index is 691. The lowest BCUT2D eigenvalue weighted by atomic mass is 9.78. The molecule has 1 fully saturated rings. The number of hydrogen-bond donors (Lipinski definition) is 3. The van der Waals surface area contributed by atoms with Crippen molar-refractivity contribution in [1.29, 1.82) is 0 Å². The first-order valence-corrected chi connectivity index (χ1v) is 9.33. The molecule has 140 valence electrons. The third kappa shape index (κ3) is 4.27. The molecule has 3 heterocycles. The van der Waals surface area contributed by atoms with E-state index in [1.165, 1.54) is 5.69 Å². The van der Waals surface area contributed by atoms with Crippen LogP contribution in [-0.4, -0.2) is 43.8 Å². The van der Waals surface area contributed by atoms with Crippen molar-refractivity contribution in [3.8, 4) is 0 Å². The Labute approximate surface area is 154 Å². The van der Waals surface area contributed by atoms with Crippen LogP contribution in [0.1, 0.15) is 55.6 Å². The zero-order valence-corrected chi connectivity index (χ0v) is 15.5. The molecule has 2 atom stereocenters. The molecule has 0 aliphatic carbocycles. The third-order valence-corrected chi connectivity index (χ3v) is 5.31. The summed E-state index contributed by atoms with van der Waals surface area (Å²) in [5.74, 6) is 1.38. The predicted octanol–water partition coefficient (Wildman–Crippen LogP) is 2.73. The summed E-state index contributed by atoms with van der Waals surface area (Å²) < 4.78 is 0. The summed E-state index contributed by atoms with van der Waals surface area (Å²) in [6.07, 6.45) is 4.92. The van der Waals surface area contributed by atoms with Crippen LogP contribution in [0, 0.1) is 11.8 Å². The van der Waals surface area contributed by atoms with Gasteiger partial charge in [0, 0.05) is 29.6 Å². The molecule has 1 aliphatic heterocycles. The molecule has 3 N–H and O–H groups in total. The summed E-state index contributed by atoms with van der Waals surface area (Å²) in [6.45, 7) is 10.0. The van der Waals surface area contributed by atoms with Crippen LogP contribution < -0.4 is 5.32 Å². The molecule has 7 heteroatoms. The van der Waals surface area contributed by atoms with E-state index in [9.17, 15) is 5.11 Å². The third-order valence-electron chi connectivity index (χ3n) is 5.31. The zero-order chi connectivity index (χ0) is 18.5. The Morgan fingerprint density at radius 2 is 2.08 bits per heavy atom. The van der Waals surface area contributed by atoms with Crippen molar-refractivity contribution < 1.29 is 5.11 Å². The van der Waals surface area contributed by atoms with E-state index in [4.69, 9.17) is 4.98 Å². The van der Waals surface area contributed by atoms with E-state index >= 15 is 0 Å². The number of pyridine rings is 1. The maximum atomic E-state index is 10.1. The first-order chi connectivity index (χ1) is 12.6. The number of nitrogens with zero attached hydrogens (tertiary/aromatic N) is 4. The van der Waals surface area contributed by atoms with Gasteiger partial charge in [0.05, 0.1) is 5.76 Å². The van der Waals surface area contributed by atoms with Crippen molar-refractivity contribution in [1.82, 2.24) is 30.9 Å². The molecule has 26 heavy (non-hydrogen) atoms. The van der Waals surface area contributed by atoms with Crippen LogP contribution in [-0.2, 0) is 6.42 Å². The maximum absolute atomic E-state index is 10.1. The number of nitrogens with one attached hydrogen (secondary N) is 2. The number of aromatic amines is 1. The van der Waals surface area contributed by atoms with Crippen molar-refractivity contribution in [3.63, 3.8) is 0 Å². The van der Waals surface area contributed by atoms with Gasteiger partial charge in [-0.3, -0.25) is 4.98 Å². The maximum Gasteiger partial charge on any atom is 0.152 e. The first kappa shape index (κ1) is 18.5. The van der Waals surface area contributed by atoms with Crippen molar-refractivity contribution in [3.05, 3.63) is 47.7 Å². The summed E-state index contributed by atoms with van der Waals surface area (Å²) in [6, 6.07) is 4.28. The Balaban J connectivity index is 1.79. The molecule has 0 aromatic carbocycles. The second-order valence-electron chi connectivity index (χ2n) is 7.47. The fourth-order valence-corrected chi connectivity index (χ4v) is 3.97. The molecule has 0 bridgehead atoms. The Kier molecular flexibility index (Phi) is 5.98. The smallest absolute Gasteiger partial charge is 0.152 e. The fourth-order valence-electron chi connectivity index (χ4n) is 3.97. The second kappa shape index (κ2) is 8.40. The monoisotopic (exact) mass is 356 g/mol. The molecular formula is C19H28N6O. The normalized spacial score (nSPS) is 18.0.